The van der Waals surface area contributed by atoms with Gasteiger partial charge in [0.1, 0.15) is 5.75 Å². The van der Waals surface area contributed by atoms with Gasteiger partial charge in [0.25, 0.3) is 5.56 Å². The highest BCUT2D eigenvalue weighted by Crippen LogP contribution is 2.22. The number of aromatic nitrogens is 3. The average Bonchev–Trinajstić information content (AvgIpc) is 3.18. The van der Waals surface area contributed by atoms with Gasteiger partial charge in [-0.2, -0.15) is 9.50 Å². The van der Waals surface area contributed by atoms with Gasteiger partial charge in [0.2, 0.25) is 4.96 Å². The Hall–Kier alpha value is -2.41. The highest BCUT2D eigenvalue weighted by molar-refractivity contribution is 7.15. The molecule has 0 bridgehead atoms. The molecule has 2 aromatic carbocycles. The molecule has 136 valence electrons. The SMILES string of the molecule is CCOc1ccc(-c2nc3s/c(=C/c4ccc(Cl)cc4Cl)c(=O)n3n2)cc1. The Balaban J connectivity index is 1.73. The molecule has 4 aromatic rings. The van der Waals surface area contributed by atoms with Crippen LogP contribution in [-0.4, -0.2) is 21.2 Å². The van der Waals surface area contributed by atoms with Crippen LogP contribution in [0.5, 0.6) is 5.75 Å². The van der Waals surface area contributed by atoms with E-state index in [0.29, 0.717) is 32.0 Å². The first kappa shape index (κ1) is 18.0. The number of rotatable bonds is 4. The summed E-state index contributed by atoms with van der Waals surface area (Å²) in [4.78, 5) is 17.6. The minimum absolute atomic E-state index is 0.231. The molecular formula is C19H13Cl2N3O2S. The molecule has 0 atom stereocenters. The van der Waals surface area contributed by atoms with Gasteiger partial charge in [0, 0.05) is 15.6 Å². The second-order valence-corrected chi connectivity index (χ2v) is 7.52. The molecule has 2 aromatic heterocycles. The summed E-state index contributed by atoms with van der Waals surface area (Å²) in [6, 6.07) is 12.6. The molecular weight excluding hydrogens is 405 g/mol. The number of fused-ring (bicyclic) bond motifs is 1. The van der Waals surface area contributed by atoms with Gasteiger partial charge in [0.05, 0.1) is 11.1 Å². The summed E-state index contributed by atoms with van der Waals surface area (Å²) >= 11 is 13.4. The number of halogens is 2. The maximum Gasteiger partial charge on any atom is 0.291 e. The number of nitrogens with zero attached hydrogens (tertiary/aromatic N) is 3. The Kier molecular flexibility index (Phi) is 4.86. The van der Waals surface area contributed by atoms with Crippen molar-refractivity contribution in [3.63, 3.8) is 0 Å². The van der Waals surface area contributed by atoms with Crippen molar-refractivity contribution in [1.29, 1.82) is 0 Å². The summed E-state index contributed by atoms with van der Waals surface area (Å²) in [7, 11) is 0. The van der Waals surface area contributed by atoms with Crippen LogP contribution in [0.4, 0.5) is 0 Å². The molecule has 0 saturated carbocycles. The van der Waals surface area contributed by atoms with E-state index in [0.717, 1.165) is 16.9 Å². The number of thiazole rings is 1. The first-order valence-corrected chi connectivity index (χ1v) is 9.72. The number of ether oxygens (including phenoxy) is 1. The number of hydrogen-bond donors (Lipinski definition) is 0. The Morgan fingerprint density at radius 1 is 1.19 bits per heavy atom. The molecule has 27 heavy (non-hydrogen) atoms. The van der Waals surface area contributed by atoms with Crippen molar-refractivity contribution in [2.75, 3.05) is 6.61 Å². The summed E-state index contributed by atoms with van der Waals surface area (Å²) in [6.45, 7) is 2.54. The van der Waals surface area contributed by atoms with Crippen LogP contribution in [0, 0.1) is 0 Å². The Morgan fingerprint density at radius 2 is 1.96 bits per heavy atom. The lowest BCUT2D eigenvalue weighted by Crippen LogP contribution is -2.23. The van der Waals surface area contributed by atoms with Gasteiger partial charge in [0.15, 0.2) is 5.82 Å². The third-order valence-electron chi connectivity index (χ3n) is 3.85. The van der Waals surface area contributed by atoms with E-state index in [1.54, 1.807) is 24.3 Å². The van der Waals surface area contributed by atoms with E-state index in [-0.39, 0.29) is 5.56 Å². The maximum atomic E-state index is 12.6. The van der Waals surface area contributed by atoms with Crippen LogP contribution in [0.3, 0.4) is 0 Å². The van der Waals surface area contributed by atoms with Crippen LogP contribution in [0.1, 0.15) is 12.5 Å². The van der Waals surface area contributed by atoms with Gasteiger partial charge in [-0.25, -0.2) is 0 Å². The molecule has 4 rings (SSSR count). The topological polar surface area (TPSA) is 56.5 Å². The predicted molar refractivity (Wildman–Crippen MR) is 109 cm³/mol. The second kappa shape index (κ2) is 7.31. The normalized spacial score (nSPS) is 12.0. The lowest BCUT2D eigenvalue weighted by atomic mass is 10.2. The molecule has 5 nitrogen and oxygen atoms in total. The smallest absolute Gasteiger partial charge is 0.291 e. The van der Waals surface area contributed by atoms with Crippen molar-refractivity contribution >= 4 is 45.6 Å². The highest BCUT2D eigenvalue weighted by atomic mass is 35.5. The van der Waals surface area contributed by atoms with Gasteiger partial charge in [-0.05, 0) is 55.0 Å². The molecule has 0 fully saturated rings. The summed E-state index contributed by atoms with van der Waals surface area (Å²) in [5.41, 5.74) is 1.31. The zero-order chi connectivity index (χ0) is 19.0. The van der Waals surface area contributed by atoms with Crippen LogP contribution >= 0.6 is 34.5 Å². The van der Waals surface area contributed by atoms with Crippen LogP contribution in [0.2, 0.25) is 10.0 Å². The lowest BCUT2D eigenvalue weighted by molar-refractivity contribution is 0.340. The van der Waals surface area contributed by atoms with Crippen LogP contribution in [-0.2, 0) is 0 Å². The number of benzene rings is 2. The summed E-state index contributed by atoms with van der Waals surface area (Å²) in [5, 5.41) is 5.37. The van der Waals surface area contributed by atoms with Gasteiger partial charge in [-0.15, -0.1) is 5.10 Å². The zero-order valence-electron chi connectivity index (χ0n) is 14.1. The minimum atomic E-state index is -0.231. The first-order valence-electron chi connectivity index (χ1n) is 8.15. The standard InChI is InChI=1S/C19H13Cl2N3O2S/c1-2-26-14-7-4-11(5-8-14)17-22-19-24(23-17)18(25)16(27-19)9-12-3-6-13(20)10-15(12)21/h3-10H,2H2,1H3/b16-9+. The van der Waals surface area contributed by atoms with Gasteiger partial charge < -0.3 is 4.74 Å². The summed E-state index contributed by atoms with van der Waals surface area (Å²) in [6.07, 6.45) is 1.72. The molecule has 0 aliphatic carbocycles. The third-order valence-corrected chi connectivity index (χ3v) is 5.38. The van der Waals surface area contributed by atoms with E-state index < -0.39 is 0 Å². The Morgan fingerprint density at radius 3 is 2.63 bits per heavy atom. The van der Waals surface area contributed by atoms with E-state index >= 15 is 0 Å². The lowest BCUT2D eigenvalue weighted by Gasteiger charge is -2.02. The first-order chi connectivity index (χ1) is 13.0. The quantitative estimate of drug-likeness (QED) is 0.502. The Labute approximate surface area is 168 Å². The predicted octanol–water partition coefficient (Wildman–Crippen LogP) is 4.07. The van der Waals surface area contributed by atoms with Gasteiger partial charge >= 0.3 is 0 Å². The fraction of sp³-hybridized carbons (Fsp3) is 0.105. The van der Waals surface area contributed by atoms with E-state index in [2.05, 4.69) is 10.1 Å². The van der Waals surface area contributed by atoms with Gasteiger partial charge in [-0.3, -0.25) is 4.79 Å². The average molecular weight is 418 g/mol. The van der Waals surface area contributed by atoms with Crippen molar-refractivity contribution < 1.29 is 4.74 Å². The van der Waals surface area contributed by atoms with E-state index in [9.17, 15) is 4.79 Å². The highest BCUT2D eigenvalue weighted by Gasteiger charge is 2.12. The van der Waals surface area contributed by atoms with E-state index in [4.69, 9.17) is 27.9 Å². The zero-order valence-corrected chi connectivity index (χ0v) is 16.5. The largest absolute Gasteiger partial charge is 0.494 e. The minimum Gasteiger partial charge on any atom is -0.494 e. The molecule has 0 unspecified atom stereocenters. The van der Waals surface area contributed by atoms with Crippen molar-refractivity contribution in [3.8, 4) is 17.1 Å². The van der Waals surface area contributed by atoms with E-state index in [1.165, 1.54) is 15.9 Å². The fourth-order valence-electron chi connectivity index (χ4n) is 2.58. The van der Waals surface area contributed by atoms with Crippen LogP contribution in [0.25, 0.3) is 22.4 Å². The fourth-order valence-corrected chi connectivity index (χ4v) is 3.94. The summed E-state index contributed by atoms with van der Waals surface area (Å²) < 4.78 is 7.25. The number of hydrogen-bond acceptors (Lipinski definition) is 5. The molecule has 2 heterocycles. The van der Waals surface area contributed by atoms with Crippen LogP contribution in [0.15, 0.2) is 47.3 Å². The maximum absolute atomic E-state index is 12.6. The van der Waals surface area contributed by atoms with E-state index in [1.807, 2.05) is 31.2 Å². The molecule has 0 aliphatic rings. The van der Waals surface area contributed by atoms with Crippen molar-refractivity contribution in [2.24, 2.45) is 0 Å². The molecule has 8 heteroatoms. The van der Waals surface area contributed by atoms with Gasteiger partial charge in [-0.1, -0.05) is 40.6 Å². The molecule has 0 amide bonds. The van der Waals surface area contributed by atoms with Crippen molar-refractivity contribution in [2.45, 2.75) is 6.92 Å². The Bertz CT molecular complexity index is 1230. The summed E-state index contributed by atoms with van der Waals surface area (Å²) in [5.74, 6) is 1.28. The molecule has 0 N–H and O–H groups in total. The van der Waals surface area contributed by atoms with Crippen molar-refractivity contribution in [1.82, 2.24) is 14.6 Å². The monoisotopic (exact) mass is 417 g/mol. The molecule has 0 spiro atoms. The molecule has 0 saturated heterocycles. The molecule has 0 aliphatic heterocycles. The van der Waals surface area contributed by atoms with Crippen molar-refractivity contribution in [3.05, 3.63) is 73.0 Å². The van der Waals surface area contributed by atoms with Crippen LogP contribution < -0.4 is 14.8 Å². The third kappa shape index (κ3) is 3.56. The second-order valence-electron chi connectivity index (χ2n) is 5.67. The molecule has 0 radical (unpaired) electrons.